The Morgan fingerprint density at radius 1 is 1.12 bits per heavy atom. The third kappa shape index (κ3) is 4.18. The molecule has 0 aliphatic carbocycles. The molecule has 0 fully saturated rings. The van der Waals surface area contributed by atoms with Crippen LogP contribution >= 0.6 is 0 Å². The average molecular weight is 230 g/mol. The number of benzene rings is 1. The molecule has 1 nitrogen and oxygen atoms in total. The summed E-state index contributed by atoms with van der Waals surface area (Å²) in [6.07, 6.45) is 1.34. The molecule has 0 saturated carbocycles. The summed E-state index contributed by atoms with van der Waals surface area (Å²) in [5.74, 6) is 0.202. The number of hydrogen-bond acceptors (Lipinski definition) is 1. The van der Waals surface area contributed by atoms with Crippen LogP contribution in [-0.4, -0.2) is 5.78 Å². The number of Topliss-reactive ketones (excluding diaryl/α,β-unsaturated/α-hetero) is 1. The zero-order valence-corrected chi connectivity index (χ0v) is 11.3. The molecular weight excluding hydrogens is 208 g/mol. The Balaban J connectivity index is 2.74. The topological polar surface area (TPSA) is 17.1 Å². The van der Waals surface area contributed by atoms with Crippen LogP contribution in [0.1, 0.15) is 56.5 Å². The first-order valence-electron chi connectivity index (χ1n) is 6.09. The van der Waals surface area contributed by atoms with Gasteiger partial charge >= 0.3 is 0 Å². The van der Waals surface area contributed by atoms with E-state index < -0.39 is 0 Å². The fraction of sp³-hybridized carbons (Fsp3) is 0.438. The van der Waals surface area contributed by atoms with Gasteiger partial charge in [-0.25, -0.2) is 0 Å². The monoisotopic (exact) mass is 230 g/mol. The van der Waals surface area contributed by atoms with E-state index in [9.17, 15) is 4.79 Å². The molecule has 0 unspecified atom stereocenters. The van der Waals surface area contributed by atoms with Gasteiger partial charge < -0.3 is 0 Å². The number of carbonyl (C=O) groups is 1. The Labute approximate surface area is 105 Å². The van der Waals surface area contributed by atoms with Crippen molar-refractivity contribution in [3.63, 3.8) is 0 Å². The van der Waals surface area contributed by atoms with Crippen LogP contribution in [0, 0.1) is 0 Å². The van der Waals surface area contributed by atoms with Crippen molar-refractivity contribution in [1.29, 1.82) is 0 Å². The molecular formula is C16H22O. The van der Waals surface area contributed by atoms with Gasteiger partial charge in [0, 0.05) is 12.0 Å². The lowest BCUT2D eigenvalue weighted by atomic mass is 9.86. The van der Waals surface area contributed by atoms with Crippen molar-refractivity contribution >= 4 is 5.78 Å². The van der Waals surface area contributed by atoms with Gasteiger partial charge in [-0.1, -0.05) is 50.6 Å². The van der Waals surface area contributed by atoms with E-state index in [1.165, 1.54) is 5.56 Å². The molecule has 0 N–H and O–H groups in total. The summed E-state index contributed by atoms with van der Waals surface area (Å²) in [6, 6.07) is 7.96. The van der Waals surface area contributed by atoms with Gasteiger partial charge in [0.15, 0.2) is 5.78 Å². The van der Waals surface area contributed by atoms with Crippen LogP contribution < -0.4 is 0 Å². The summed E-state index contributed by atoms with van der Waals surface area (Å²) in [6.45, 7) is 12.3. The lowest BCUT2D eigenvalue weighted by Gasteiger charge is -2.18. The quantitative estimate of drug-likeness (QED) is 0.549. The predicted octanol–water partition coefficient (Wildman–Crippen LogP) is 4.52. The van der Waals surface area contributed by atoms with Crippen LogP contribution in [0.2, 0.25) is 0 Å². The Hall–Kier alpha value is -1.37. The fourth-order valence-electron chi connectivity index (χ4n) is 1.63. The molecule has 1 aromatic carbocycles. The second-order valence-electron chi connectivity index (χ2n) is 5.71. The Morgan fingerprint density at radius 3 is 2.06 bits per heavy atom. The molecule has 17 heavy (non-hydrogen) atoms. The molecule has 0 atom stereocenters. The van der Waals surface area contributed by atoms with Gasteiger partial charge in [0.25, 0.3) is 0 Å². The van der Waals surface area contributed by atoms with Gasteiger partial charge in [-0.2, -0.15) is 0 Å². The third-order valence-corrected chi connectivity index (χ3v) is 2.85. The standard InChI is InChI=1S/C16H22O/c1-12(2)6-11-15(17)13-7-9-14(10-8-13)16(3,4)5/h7-10H,1,6,11H2,2-5H3. The summed E-state index contributed by atoms with van der Waals surface area (Å²) in [5, 5.41) is 0. The predicted molar refractivity (Wildman–Crippen MR) is 73.5 cm³/mol. The van der Waals surface area contributed by atoms with Crippen LogP contribution in [-0.2, 0) is 5.41 Å². The second-order valence-corrected chi connectivity index (χ2v) is 5.71. The normalized spacial score (nSPS) is 11.3. The van der Waals surface area contributed by atoms with Crippen LogP contribution in [0.5, 0.6) is 0 Å². The van der Waals surface area contributed by atoms with Gasteiger partial charge in [-0.15, -0.1) is 6.58 Å². The molecule has 0 amide bonds. The average Bonchev–Trinajstić information content (AvgIpc) is 2.25. The number of rotatable bonds is 4. The van der Waals surface area contributed by atoms with Crippen molar-refractivity contribution in [2.24, 2.45) is 0 Å². The van der Waals surface area contributed by atoms with Crippen molar-refractivity contribution in [3.05, 3.63) is 47.5 Å². The molecule has 0 spiro atoms. The molecule has 0 saturated heterocycles. The highest BCUT2D eigenvalue weighted by Crippen LogP contribution is 2.22. The SMILES string of the molecule is C=C(C)CCC(=O)c1ccc(C(C)(C)C)cc1. The van der Waals surface area contributed by atoms with Crippen LogP contribution in [0.4, 0.5) is 0 Å². The highest BCUT2D eigenvalue weighted by Gasteiger charge is 2.14. The molecule has 0 aliphatic rings. The zero-order chi connectivity index (χ0) is 13.1. The first-order chi connectivity index (χ1) is 7.80. The van der Waals surface area contributed by atoms with E-state index in [0.717, 1.165) is 17.6 Å². The minimum Gasteiger partial charge on any atom is -0.294 e. The van der Waals surface area contributed by atoms with E-state index in [0.29, 0.717) is 6.42 Å². The van der Waals surface area contributed by atoms with Crippen molar-refractivity contribution in [2.45, 2.75) is 46.0 Å². The molecule has 92 valence electrons. The molecule has 0 bridgehead atoms. The number of allylic oxidation sites excluding steroid dienone is 1. The minimum absolute atomic E-state index is 0.138. The highest BCUT2D eigenvalue weighted by atomic mass is 16.1. The molecule has 0 radical (unpaired) electrons. The first-order valence-corrected chi connectivity index (χ1v) is 6.09. The maximum Gasteiger partial charge on any atom is 0.163 e. The van der Waals surface area contributed by atoms with Gasteiger partial charge in [-0.05, 0) is 24.3 Å². The summed E-state index contributed by atoms with van der Waals surface area (Å²) >= 11 is 0. The van der Waals surface area contributed by atoms with E-state index in [-0.39, 0.29) is 11.2 Å². The van der Waals surface area contributed by atoms with E-state index in [1.807, 2.05) is 31.2 Å². The Kier molecular flexibility index (Phi) is 4.28. The number of hydrogen-bond donors (Lipinski definition) is 0. The van der Waals surface area contributed by atoms with Crippen molar-refractivity contribution in [2.75, 3.05) is 0 Å². The summed E-state index contributed by atoms with van der Waals surface area (Å²) in [4.78, 5) is 11.9. The Morgan fingerprint density at radius 2 is 1.65 bits per heavy atom. The Bertz CT molecular complexity index is 404. The van der Waals surface area contributed by atoms with E-state index in [2.05, 4.69) is 27.4 Å². The summed E-state index contributed by atoms with van der Waals surface area (Å²) < 4.78 is 0. The van der Waals surface area contributed by atoms with Crippen molar-refractivity contribution in [3.8, 4) is 0 Å². The number of carbonyl (C=O) groups excluding carboxylic acids is 1. The van der Waals surface area contributed by atoms with Gasteiger partial charge in [0.1, 0.15) is 0 Å². The van der Waals surface area contributed by atoms with E-state index in [1.54, 1.807) is 0 Å². The zero-order valence-electron chi connectivity index (χ0n) is 11.3. The molecule has 0 heterocycles. The van der Waals surface area contributed by atoms with Gasteiger partial charge in [0.2, 0.25) is 0 Å². The molecule has 1 rings (SSSR count). The fourth-order valence-corrected chi connectivity index (χ4v) is 1.63. The maximum absolute atomic E-state index is 11.9. The number of ketones is 1. The lowest BCUT2D eigenvalue weighted by Crippen LogP contribution is -2.11. The largest absolute Gasteiger partial charge is 0.294 e. The van der Waals surface area contributed by atoms with Crippen LogP contribution in [0.25, 0.3) is 0 Å². The molecule has 1 heteroatoms. The van der Waals surface area contributed by atoms with Crippen molar-refractivity contribution < 1.29 is 4.79 Å². The second kappa shape index (κ2) is 5.31. The smallest absolute Gasteiger partial charge is 0.163 e. The minimum atomic E-state index is 0.138. The molecule has 0 aliphatic heterocycles. The molecule has 0 aromatic heterocycles. The van der Waals surface area contributed by atoms with Gasteiger partial charge in [0.05, 0.1) is 0 Å². The van der Waals surface area contributed by atoms with Gasteiger partial charge in [-0.3, -0.25) is 4.79 Å². The van der Waals surface area contributed by atoms with Crippen LogP contribution in [0.15, 0.2) is 36.4 Å². The highest BCUT2D eigenvalue weighted by molar-refractivity contribution is 5.96. The summed E-state index contributed by atoms with van der Waals surface area (Å²) in [7, 11) is 0. The van der Waals surface area contributed by atoms with E-state index in [4.69, 9.17) is 0 Å². The summed E-state index contributed by atoms with van der Waals surface area (Å²) in [5.41, 5.74) is 3.26. The van der Waals surface area contributed by atoms with E-state index >= 15 is 0 Å². The lowest BCUT2D eigenvalue weighted by molar-refractivity contribution is 0.0983. The first kappa shape index (κ1) is 13.7. The van der Waals surface area contributed by atoms with Crippen molar-refractivity contribution in [1.82, 2.24) is 0 Å². The third-order valence-electron chi connectivity index (χ3n) is 2.85. The van der Waals surface area contributed by atoms with Crippen LogP contribution in [0.3, 0.4) is 0 Å². The molecule has 1 aromatic rings. The maximum atomic E-state index is 11.9.